The smallest absolute Gasteiger partial charge is 0.246 e. The molecule has 44 heavy (non-hydrogen) atoms. The standard InChI is InChI=1S/C32H28F2N6O3S/c1-5-28(41)39-9-10-40-26(19(39)2)16-25(37-40)31-30(29-23(34)14-21(33)15-27(29)43-12-11-42-4)32-22(8-13-44-32)24(36-31)7-6-20-17-35-38(3)18-20/h5,8,13-19H,1,9-12H2,2-4H3. The van der Waals surface area contributed by atoms with E-state index in [0.29, 0.717) is 51.4 Å². The molecule has 0 saturated heterocycles. The zero-order valence-electron chi connectivity index (χ0n) is 24.3. The molecule has 5 aromatic rings. The van der Waals surface area contributed by atoms with Crippen LogP contribution in [0.4, 0.5) is 8.78 Å². The molecule has 1 aromatic carbocycles. The Balaban J connectivity index is 1.60. The fourth-order valence-electron chi connectivity index (χ4n) is 5.33. The first-order valence-electron chi connectivity index (χ1n) is 13.8. The summed E-state index contributed by atoms with van der Waals surface area (Å²) >= 11 is 1.39. The van der Waals surface area contributed by atoms with Crippen LogP contribution < -0.4 is 4.74 Å². The van der Waals surface area contributed by atoms with Crippen molar-refractivity contribution in [3.63, 3.8) is 0 Å². The van der Waals surface area contributed by atoms with Crippen LogP contribution in [0.1, 0.15) is 29.9 Å². The highest BCUT2D eigenvalue weighted by molar-refractivity contribution is 7.17. The minimum atomic E-state index is -0.801. The average Bonchev–Trinajstić information content (AvgIpc) is 3.76. The fraction of sp³-hybridized carbons (Fsp3) is 0.250. The molecular formula is C32H28F2N6O3S. The summed E-state index contributed by atoms with van der Waals surface area (Å²) in [7, 11) is 3.33. The van der Waals surface area contributed by atoms with E-state index in [1.807, 2.05) is 36.2 Å². The van der Waals surface area contributed by atoms with Gasteiger partial charge in [0.2, 0.25) is 5.91 Å². The summed E-state index contributed by atoms with van der Waals surface area (Å²) in [6.07, 6.45) is 4.75. The van der Waals surface area contributed by atoms with Crippen LogP contribution in [0.2, 0.25) is 0 Å². The quantitative estimate of drug-likeness (QED) is 0.140. The van der Waals surface area contributed by atoms with Crippen molar-refractivity contribution >= 4 is 27.3 Å². The average molecular weight is 615 g/mol. The Morgan fingerprint density at radius 1 is 1.20 bits per heavy atom. The van der Waals surface area contributed by atoms with Gasteiger partial charge in [-0.15, -0.1) is 11.3 Å². The van der Waals surface area contributed by atoms with Crippen molar-refractivity contribution < 1.29 is 23.0 Å². The van der Waals surface area contributed by atoms with Crippen LogP contribution in [-0.2, 0) is 23.1 Å². The second-order valence-corrected chi connectivity index (χ2v) is 11.1. The third-order valence-corrected chi connectivity index (χ3v) is 8.34. The summed E-state index contributed by atoms with van der Waals surface area (Å²) in [5, 5.41) is 11.6. The van der Waals surface area contributed by atoms with Gasteiger partial charge in [0, 0.05) is 54.7 Å². The monoisotopic (exact) mass is 614 g/mol. The first kappa shape index (κ1) is 29.2. The second kappa shape index (κ2) is 12.0. The maximum absolute atomic E-state index is 15.9. The van der Waals surface area contributed by atoms with E-state index in [0.717, 1.165) is 17.8 Å². The first-order chi connectivity index (χ1) is 21.3. The zero-order valence-corrected chi connectivity index (χ0v) is 25.1. The molecule has 0 fully saturated rings. The van der Waals surface area contributed by atoms with Gasteiger partial charge in [0.25, 0.3) is 0 Å². The zero-order chi connectivity index (χ0) is 31.0. The molecule has 0 bridgehead atoms. The van der Waals surface area contributed by atoms with E-state index in [-0.39, 0.29) is 36.5 Å². The number of thiophene rings is 1. The molecule has 0 saturated carbocycles. The van der Waals surface area contributed by atoms with Crippen molar-refractivity contribution in [1.29, 1.82) is 0 Å². The lowest BCUT2D eigenvalue weighted by molar-refractivity contribution is -0.129. The molecule has 5 heterocycles. The Kier molecular flexibility index (Phi) is 7.99. The van der Waals surface area contributed by atoms with Gasteiger partial charge in [-0.2, -0.15) is 10.2 Å². The lowest BCUT2D eigenvalue weighted by Gasteiger charge is -2.33. The number of methoxy groups -OCH3 is 1. The number of nitrogens with zero attached hydrogens (tertiary/aromatic N) is 6. The molecule has 1 aliphatic rings. The molecule has 0 radical (unpaired) electrons. The minimum Gasteiger partial charge on any atom is -0.490 e. The Bertz CT molecular complexity index is 1970. The number of amides is 1. The van der Waals surface area contributed by atoms with E-state index < -0.39 is 11.6 Å². The number of fused-ring (bicyclic) bond motifs is 2. The van der Waals surface area contributed by atoms with Crippen LogP contribution in [-0.4, -0.2) is 62.2 Å². The number of halogens is 2. The molecule has 224 valence electrons. The largest absolute Gasteiger partial charge is 0.490 e. The molecule has 0 spiro atoms. The van der Waals surface area contributed by atoms with Crippen LogP contribution in [0.15, 0.2) is 54.7 Å². The number of hydrogen-bond acceptors (Lipinski definition) is 7. The van der Waals surface area contributed by atoms with Crippen LogP contribution in [0.5, 0.6) is 5.75 Å². The van der Waals surface area contributed by atoms with Crippen LogP contribution in [0.25, 0.3) is 32.6 Å². The number of carbonyl (C=O) groups is 1. The van der Waals surface area contributed by atoms with Gasteiger partial charge >= 0.3 is 0 Å². The third-order valence-electron chi connectivity index (χ3n) is 7.41. The van der Waals surface area contributed by atoms with Crippen LogP contribution in [0, 0.1) is 23.5 Å². The van der Waals surface area contributed by atoms with Crippen molar-refractivity contribution in [2.45, 2.75) is 19.5 Å². The molecular weight excluding hydrogens is 586 g/mol. The molecule has 0 N–H and O–H groups in total. The number of aryl methyl sites for hydroxylation is 1. The van der Waals surface area contributed by atoms with E-state index in [2.05, 4.69) is 23.5 Å². The SMILES string of the molecule is C=CC(=O)N1CCn2nc(-c3nc(C#Cc4cnn(C)c4)c4ccsc4c3-c3c(F)cc(F)cc3OCCOC)cc2C1C. The first-order valence-corrected chi connectivity index (χ1v) is 14.7. The molecule has 6 rings (SSSR count). The van der Waals surface area contributed by atoms with Gasteiger partial charge < -0.3 is 14.4 Å². The predicted molar refractivity (Wildman–Crippen MR) is 163 cm³/mol. The summed E-state index contributed by atoms with van der Waals surface area (Å²) in [5.74, 6) is 4.55. The maximum Gasteiger partial charge on any atom is 0.246 e. The maximum atomic E-state index is 15.9. The van der Waals surface area contributed by atoms with Gasteiger partial charge in [-0.1, -0.05) is 12.5 Å². The summed E-state index contributed by atoms with van der Waals surface area (Å²) < 4.78 is 45.5. The topological polar surface area (TPSA) is 87.3 Å². The fourth-order valence-corrected chi connectivity index (χ4v) is 6.28. The highest BCUT2D eigenvalue weighted by atomic mass is 32.1. The summed E-state index contributed by atoms with van der Waals surface area (Å²) in [5.41, 5.74) is 3.25. The normalized spacial score (nSPS) is 14.3. The number of hydrogen-bond donors (Lipinski definition) is 0. The van der Waals surface area contributed by atoms with Gasteiger partial charge in [-0.25, -0.2) is 13.8 Å². The van der Waals surface area contributed by atoms with Crippen molar-refractivity contribution in [2.24, 2.45) is 7.05 Å². The highest BCUT2D eigenvalue weighted by Crippen LogP contribution is 2.45. The van der Waals surface area contributed by atoms with Gasteiger partial charge in [-0.3, -0.25) is 14.2 Å². The number of pyridine rings is 1. The Morgan fingerprint density at radius 2 is 2.05 bits per heavy atom. The Morgan fingerprint density at radius 3 is 2.80 bits per heavy atom. The van der Waals surface area contributed by atoms with Crippen molar-refractivity contribution in [3.05, 3.63) is 83.3 Å². The summed E-state index contributed by atoms with van der Waals surface area (Å²) in [6.45, 7) is 6.77. The van der Waals surface area contributed by atoms with Gasteiger partial charge in [0.05, 0.1) is 42.2 Å². The molecule has 1 amide bonds. The minimum absolute atomic E-state index is 0.0200. The van der Waals surface area contributed by atoms with E-state index in [4.69, 9.17) is 19.6 Å². The predicted octanol–water partition coefficient (Wildman–Crippen LogP) is 5.35. The van der Waals surface area contributed by atoms with Crippen LogP contribution in [0.3, 0.4) is 0 Å². The van der Waals surface area contributed by atoms with E-state index in [1.165, 1.54) is 24.5 Å². The van der Waals surface area contributed by atoms with Crippen molar-refractivity contribution in [3.8, 4) is 40.1 Å². The highest BCUT2D eigenvalue weighted by Gasteiger charge is 2.31. The molecule has 1 atom stereocenters. The molecule has 12 heteroatoms. The second-order valence-electron chi connectivity index (χ2n) is 10.2. The van der Waals surface area contributed by atoms with Crippen molar-refractivity contribution in [1.82, 2.24) is 29.4 Å². The number of benzene rings is 1. The van der Waals surface area contributed by atoms with Gasteiger partial charge in [-0.05, 0) is 36.4 Å². The van der Waals surface area contributed by atoms with Gasteiger partial charge in [0.15, 0.2) is 0 Å². The Hall–Kier alpha value is -4.86. The molecule has 9 nitrogen and oxygen atoms in total. The molecule has 1 aliphatic heterocycles. The van der Waals surface area contributed by atoms with E-state index in [9.17, 15) is 9.18 Å². The number of carbonyl (C=O) groups excluding carboxylic acids is 1. The Labute approximate surface area is 256 Å². The third kappa shape index (κ3) is 5.36. The lowest BCUT2D eigenvalue weighted by Crippen LogP contribution is -2.40. The van der Waals surface area contributed by atoms with Gasteiger partial charge in [0.1, 0.15) is 41.1 Å². The summed E-state index contributed by atoms with van der Waals surface area (Å²) in [4.78, 5) is 19.2. The molecule has 0 aliphatic carbocycles. The summed E-state index contributed by atoms with van der Waals surface area (Å²) in [6, 6.07) is 5.43. The van der Waals surface area contributed by atoms with E-state index >= 15 is 4.39 Å². The number of aromatic nitrogens is 5. The molecule has 1 unspecified atom stereocenters. The van der Waals surface area contributed by atoms with Crippen LogP contribution >= 0.6 is 11.3 Å². The van der Waals surface area contributed by atoms with E-state index in [1.54, 1.807) is 22.0 Å². The molecule has 4 aromatic heterocycles. The number of ether oxygens (including phenoxy) is 2. The van der Waals surface area contributed by atoms with Crippen molar-refractivity contribution in [2.75, 3.05) is 26.9 Å². The number of rotatable bonds is 7. The lowest BCUT2D eigenvalue weighted by atomic mass is 9.97.